The van der Waals surface area contributed by atoms with Crippen molar-refractivity contribution in [2.45, 2.75) is 39.8 Å². The van der Waals surface area contributed by atoms with Gasteiger partial charge in [0.25, 0.3) is 0 Å². The molecule has 0 unspecified atom stereocenters. The van der Waals surface area contributed by atoms with Gasteiger partial charge in [0, 0.05) is 26.2 Å². The summed E-state index contributed by atoms with van der Waals surface area (Å²) in [5.74, 6) is 1.34. The molecule has 1 aliphatic heterocycles. The van der Waals surface area contributed by atoms with Gasteiger partial charge in [0.2, 0.25) is 0 Å². The molecule has 2 N–H and O–H groups in total. The third kappa shape index (κ3) is 7.08. The Balaban J connectivity index is 0.00000364. The number of aliphatic imine (C=N–C) groups is 1. The molecule has 0 spiro atoms. The third-order valence-corrected chi connectivity index (χ3v) is 4.15. The van der Waals surface area contributed by atoms with Crippen molar-refractivity contribution in [1.29, 1.82) is 0 Å². The van der Waals surface area contributed by atoms with Gasteiger partial charge < -0.3 is 25.0 Å². The Morgan fingerprint density at radius 3 is 2.33 bits per heavy atom. The zero-order valence-corrected chi connectivity index (χ0v) is 19.1. The van der Waals surface area contributed by atoms with Crippen molar-refractivity contribution in [3.05, 3.63) is 29.3 Å². The van der Waals surface area contributed by atoms with Crippen LogP contribution in [0.25, 0.3) is 0 Å². The lowest BCUT2D eigenvalue weighted by molar-refractivity contribution is 0.0186. The quantitative estimate of drug-likeness (QED) is 0.401. The minimum absolute atomic E-state index is 0. The molecule has 152 valence electrons. The second-order valence-corrected chi connectivity index (χ2v) is 7.43. The molecule has 1 aromatic rings. The lowest BCUT2D eigenvalue weighted by Crippen LogP contribution is -2.53. The first-order valence-electron chi connectivity index (χ1n) is 8.86. The SMILES string of the molecule is COc1cc(CN=C(N)N2CCN(C(=O)OC(C)(C)C)CC2)ccc1C.I. The summed E-state index contributed by atoms with van der Waals surface area (Å²) in [6.07, 6.45) is -0.278. The molecule has 1 fully saturated rings. The van der Waals surface area contributed by atoms with E-state index in [1.165, 1.54) is 0 Å². The van der Waals surface area contributed by atoms with E-state index in [1.54, 1.807) is 12.0 Å². The highest BCUT2D eigenvalue weighted by molar-refractivity contribution is 14.0. The highest BCUT2D eigenvalue weighted by Crippen LogP contribution is 2.19. The van der Waals surface area contributed by atoms with E-state index >= 15 is 0 Å². The largest absolute Gasteiger partial charge is 0.496 e. The first-order valence-corrected chi connectivity index (χ1v) is 8.86. The van der Waals surface area contributed by atoms with Gasteiger partial charge in [-0.2, -0.15) is 0 Å². The van der Waals surface area contributed by atoms with E-state index in [1.807, 2.05) is 50.8 Å². The number of hydrogen-bond donors (Lipinski definition) is 1. The molecule has 2 rings (SSSR count). The average molecular weight is 490 g/mol. The maximum atomic E-state index is 12.1. The Kier molecular flexibility index (Phi) is 8.64. The molecule has 1 saturated heterocycles. The molecule has 7 nitrogen and oxygen atoms in total. The number of guanidine groups is 1. The van der Waals surface area contributed by atoms with Crippen LogP contribution in [0.5, 0.6) is 5.75 Å². The average Bonchev–Trinajstić information content (AvgIpc) is 2.59. The number of piperazine rings is 1. The Morgan fingerprint density at radius 1 is 1.19 bits per heavy atom. The van der Waals surface area contributed by atoms with Crippen LogP contribution >= 0.6 is 24.0 Å². The minimum atomic E-state index is -0.482. The second-order valence-electron chi connectivity index (χ2n) is 7.43. The van der Waals surface area contributed by atoms with Crippen LogP contribution in [0, 0.1) is 6.92 Å². The van der Waals surface area contributed by atoms with Gasteiger partial charge in [-0.25, -0.2) is 9.79 Å². The van der Waals surface area contributed by atoms with Crippen molar-refractivity contribution in [3.63, 3.8) is 0 Å². The van der Waals surface area contributed by atoms with Crippen molar-refractivity contribution >= 4 is 36.0 Å². The van der Waals surface area contributed by atoms with Crippen LogP contribution in [-0.4, -0.2) is 60.7 Å². The lowest BCUT2D eigenvalue weighted by Gasteiger charge is -2.36. The van der Waals surface area contributed by atoms with E-state index in [0.717, 1.165) is 16.9 Å². The smallest absolute Gasteiger partial charge is 0.410 e. The van der Waals surface area contributed by atoms with E-state index in [2.05, 4.69) is 4.99 Å². The standard InChI is InChI=1S/C19H30N4O3.HI/c1-14-6-7-15(12-16(14)25-5)13-21-17(20)22-8-10-23(11-9-22)18(24)26-19(2,3)4;/h6-7,12H,8-11,13H2,1-5H3,(H2,20,21);1H. The van der Waals surface area contributed by atoms with Crippen LogP contribution < -0.4 is 10.5 Å². The van der Waals surface area contributed by atoms with Gasteiger partial charge in [-0.1, -0.05) is 12.1 Å². The molecule has 0 atom stereocenters. The fourth-order valence-electron chi connectivity index (χ4n) is 2.68. The Bertz CT molecular complexity index is 665. The summed E-state index contributed by atoms with van der Waals surface area (Å²) in [4.78, 5) is 20.3. The summed E-state index contributed by atoms with van der Waals surface area (Å²) in [6, 6.07) is 6.01. The van der Waals surface area contributed by atoms with E-state index in [-0.39, 0.29) is 30.1 Å². The summed E-state index contributed by atoms with van der Waals surface area (Å²) < 4.78 is 10.7. The van der Waals surface area contributed by atoms with Crippen molar-refractivity contribution in [3.8, 4) is 5.75 Å². The topological polar surface area (TPSA) is 80.4 Å². The predicted molar refractivity (Wildman–Crippen MR) is 118 cm³/mol. The van der Waals surface area contributed by atoms with Gasteiger partial charge in [-0.05, 0) is 44.9 Å². The van der Waals surface area contributed by atoms with Crippen molar-refractivity contribution in [2.24, 2.45) is 10.7 Å². The fourth-order valence-corrected chi connectivity index (χ4v) is 2.68. The molecule has 27 heavy (non-hydrogen) atoms. The number of nitrogens with zero attached hydrogens (tertiary/aromatic N) is 3. The molecule has 0 aliphatic carbocycles. The Labute approximate surface area is 178 Å². The molecule has 0 bridgehead atoms. The molecule has 1 aliphatic rings. The monoisotopic (exact) mass is 490 g/mol. The number of aryl methyl sites for hydroxylation is 1. The highest BCUT2D eigenvalue weighted by atomic mass is 127. The number of carbonyl (C=O) groups excluding carboxylic acids is 1. The van der Waals surface area contributed by atoms with Crippen LogP contribution in [0.3, 0.4) is 0 Å². The van der Waals surface area contributed by atoms with Crippen LogP contribution in [0.4, 0.5) is 4.79 Å². The van der Waals surface area contributed by atoms with E-state index in [0.29, 0.717) is 38.7 Å². The molecule has 1 amide bonds. The van der Waals surface area contributed by atoms with Crippen molar-refractivity contribution < 1.29 is 14.3 Å². The Morgan fingerprint density at radius 2 is 1.78 bits per heavy atom. The maximum absolute atomic E-state index is 12.1. The fraction of sp³-hybridized carbons (Fsp3) is 0.579. The maximum Gasteiger partial charge on any atom is 0.410 e. The van der Waals surface area contributed by atoms with Gasteiger partial charge in [-0.15, -0.1) is 24.0 Å². The Hall–Kier alpha value is -1.71. The molecular weight excluding hydrogens is 459 g/mol. The third-order valence-electron chi connectivity index (χ3n) is 4.15. The summed E-state index contributed by atoms with van der Waals surface area (Å²) in [5.41, 5.74) is 7.78. The van der Waals surface area contributed by atoms with E-state index in [9.17, 15) is 4.79 Å². The number of benzene rings is 1. The number of rotatable bonds is 3. The number of amides is 1. The molecule has 1 aromatic carbocycles. The molecule has 8 heteroatoms. The zero-order valence-electron chi connectivity index (χ0n) is 16.8. The van der Waals surface area contributed by atoms with Crippen LogP contribution in [0.1, 0.15) is 31.9 Å². The summed E-state index contributed by atoms with van der Waals surface area (Å²) >= 11 is 0. The predicted octanol–water partition coefficient (Wildman–Crippen LogP) is 2.99. The highest BCUT2D eigenvalue weighted by Gasteiger charge is 2.26. The van der Waals surface area contributed by atoms with Crippen molar-refractivity contribution in [2.75, 3.05) is 33.3 Å². The van der Waals surface area contributed by atoms with Gasteiger partial charge in [0.1, 0.15) is 11.4 Å². The molecular formula is C19H31IN4O3. The molecule has 0 aromatic heterocycles. The van der Waals surface area contributed by atoms with Gasteiger partial charge in [0.15, 0.2) is 5.96 Å². The van der Waals surface area contributed by atoms with E-state index < -0.39 is 5.60 Å². The molecule has 0 radical (unpaired) electrons. The second kappa shape index (κ2) is 10.0. The number of halogens is 1. The zero-order chi connectivity index (χ0) is 19.3. The summed E-state index contributed by atoms with van der Waals surface area (Å²) in [5, 5.41) is 0. The van der Waals surface area contributed by atoms with Crippen LogP contribution in [0.15, 0.2) is 23.2 Å². The van der Waals surface area contributed by atoms with Gasteiger partial charge in [0.05, 0.1) is 13.7 Å². The normalized spacial score (nSPS) is 15.2. The summed E-state index contributed by atoms with van der Waals surface area (Å²) in [7, 11) is 1.66. The first kappa shape index (κ1) is 23.3. The van der Waals surface area contributed by atoms with Crippen LogP contribution in [0.2, 0.25) is 0 Å². The molecule has 0 saturated carbocycles. The van der Waals surface area contributed by atoms with E-state index in [4.69, 9.17) is 15.2 Å². The van der Waals surface area contributed by atoms with Gasteiger partial charge in [-0.3, -0.25) is 0 Å². The van der Waals surface area contributed by atoms with Crippen LogP contribution in [-0.2, 0) is 11.3 Å². The number of carbonyl (C=O) groups is 1. The summed E-state index contributed by atoms with van der Waals surface area (Å²) in [6.45, 7) is 10.5. The lowest BCUT2D eigenvalue weighted by atomic mass is 10.1. The minimum Gasteiger partial charge on any atom is -0.496 e. The number of hydrogen-bond acceptors (Lipinski definition) is 4. The number of nitrogens with two attached hydrogens (primary N) is 1. The molecule has 1 heterocycles. The van der Waals surface area contributed by atoms with Gasteiger partial charge >= 0.3 is 6.09 Å². The number of ether oxygens (including phenoxy) is 2. The first-order chi connectivity index (χ1) is 12.2. The van der Waals surface area contributed by atoms with Crippen molar-refractivity contribution in [1.82, 2.24) is 9.80 Å². The number of methoxy groups -OCH3 is 1.